The van der Waals surface area contributed by atoms with Crippen LogP contribution in [0.25, 0.3) is 10.9 Å². The zero-order valence-electron chi connectivity index (χ0n) is 17.8. The van der Waals surface area contributed by atoms with E-state index in [0.717, 1.165) is 48.4 Å². The van der Waals surface area contributed by atoms with Crippen molar-refractivity contribution in [3.05, 3.63) is 58.8 Å². The van der Waals surface area contributed by atoms with E-state index in [1.54, 1.807) is 14.2 Å². The largest absolute Gasteiger partial charge is 0.493 e. The lowest BCUT2D eigenvalue weighted by molar-refractivity contribution is -0.145. The second kappa shape index (κ2) is 6.02. The van der Waals surface area contributed by atoms with Gasteiger partial charge in [0, 0.05) is 46.5 Å². The first-order chi connectivity index (χ1) is 14.5. The van der Waals surface area contributed by atoms with Gasteiger partial charge in [-0.1, -0.05) is 24.3 Å². The maximum atomic E-state index is 12.5. The molecule has 3 aliphatic rings. The Bertz CT molecular complexity index is 1170. The van der Waals surface area contributed by atoms with Crippen molar-refractivity contribution >= 4 is 10.9 Å². The second-order valence-electron chi connectivity index (χ2n) is 9.27. The molecule has 1 saturated heterocycles. The zero-order valence-corrected chi connectivity index (χ0v) is 17.8. The third kappa shape index (κ3) is 2.05. The lowest BCUT2D eigenvalue weighted by Gasteiger charge is -2.63. The van der Waals surface area contributed by atoms with Gasteiger partial charge in [0.2, 0.25) is 0 Å². The first-order valence-electron chi connectivity index (χ1n) is 10.8. The van der Waals surface area contributed by atoms with Crippen LogP contribution in [0.4, 0.5) is 0 Å². The Morgan fingerprint density at radius 2 is 1.93 bits per heavy atom. The van der Waals surface area contributed by atoms with Crippen molar-refractivity contribution in [3.8, 4) is 11.5 Å². The number of nitrogens with zero attached hydrogens (tertiary/aromatic N) is 1. The van der Waals surface area contributed by atoms with Gasteiger partial charge in [-0.3, -0.25) is 0 Å². The van der Waals surface area contributed by atoms with Crippen molar-refractivity contribution in [2.45, 2.75) is 42.7 Å². The summed E-state index contributed by atoms with van der Waals surface area (Å²) in [6.45, 7) is 0.961. The van der Waals surface area contributed by atoms with Gasteiger partial charge in [0.1, 0.15) is 0 Å². The maximum Gasteiger partial charge on any atom is 0.164 e. The third-order valence-electron chi connectivity index (χ3n) is 8.15. The van der Waals surface area contributed by atoms with Gasteiger partial charge in [0.15, 0.2) is 11.5 Å². The molecule has 2 heterocycles. The minimum Gasteiger partial charge on any atom is -0.493 e. The van der Waals surface area contributed by atoms with Gasteiger partial charge in [0.05, 0.1) is 19.8 Å². The van der Waals surface area contributed by atoms with Crippen LogP contribution in [0.2, 0.25) is 0 Å². The summed E-state index contributed by atoms with van der Waals surface area (Å²) in [7, 11) is 5.56. The molecule has 2 bridgehead atoms. The van der Waals surface area contributed by atoms with E-state index in [1.165, 1.54) is 22.2 Å². The highest BCUT2D eigenvalue weighted by Gasteiger charge is 2.65. The summed E-state index contributed by atoms with van der Waals surface area (Å²) in [5, 5.41) is 13.8. The zero-order chi connectivity index (χ0) is 20.7. The molecule has 0 saturated carbocycles. The molecular weight excluding hydrogens is 376 g/mol. The molecule has 3 atom stereocenters. The molecule has 6 rings (SSSR count). The van der Waals surface area contributed by atoms with Gasteiger partial charge in [-0.05, 0) is 49.7 Å². The third-order valence-corrected chi connectivity index (χ3v) is 8.15. The molecular formula is C25H28N2O3. The van der Waals surface area contributed by atoms with E-state index in [0.29, 0.717) is 6.42 Å². The number of para-hydroxylation sites is 1. The molecule has 3 aromatic rings. The number of aliphatic hydroxyl groups is 1. The van der Waals surface area contributed by atoms with Crippen LogP contribution in [0.5, 0.6) is 11.5 Å². The summed E-state index contributed by atoms with van der Waals surface area (Å²) in [6, 6.07) is 12.7. The van der Waals surface area contributed by atoms with E-state index in [9.17, 15) is 5.11 Å². The van der Waals surface area contributed by atoms with E-state index in [2.05, 4.69) is 47.3 Å². The minimum absolute atomic E-state index is 0.0821. The summed E-state index contributed by atoms with van der Waals surface area (Å²) in [5.41, 5.74) is 4.85. The van der Waals surface area contributed by atoms with Crippen LogP contribution in [0.15, 0.2) is 36.4 Å². The number of benzene rings is 2. The lowest BCUT2D eigenvalue weighted by atomic mass is 9.49. The van der Waals surface area contributed by atoms with Crippen LogP contribution in [0.1, 0.15) is 28.8 Å². The molecule has 0 amide bonds. The predicted octanol–water partition coefficient (Wildman–Crippen LogP) is 3.21. The van der Waals surface area contributed by atoms with Gasteiger partial charge in [0.25, 0.3) is 0 Å². The number of rotatable bonds is 2. The van der Waals surface area contributed by atoms with E-state index in [1.807, 2.05) is 6.07 Å². The lowest BCUT2D eigenvalue weighted by Crippen LogP contribution is -2.73. The molecule has 1 aliphatic heterocycles. The molecule has 0 radical (unpaired) electrons. The number of piperidine rings is 1. The van der Waals surface area contributed by atoms with Gasteiger partial charge in [-0.2, -0.15) is 0 Å². The average Bonchev–Trinajstić information content (AvgIpc) is 3.10. The Labute approximate surface area is 176 Å². The monoisotopic (exact) mass is 404 g/mol. The summed E-state index contributed by atoms with van der Waals surface area (Å²) in [5.74, 6) is 1.53. The number of aromatic nitrogens is 1. The highest BCUT2D eigenvalue weighted by atomic mass is 16.5. The van der Waals surface area contributed by atoms with Crippen LogP contribution in [0.3, 0.4) is 0 Å². The number of H-pyrrole nitrogens is 1. The predicted molar refractivity (Wildman–Crippen MR) is 117 cm³/mol. The molecule has 2 aromatic carbocycles. The molecule has 5 heteroatoms. The van der Waals surface area contributed by atoms with Crippen LogP contribution < -0.4 is 9.47 Å². The molecule has 5 nitrogen and oxygen atoms in total. The summed E-state index contributed by atoms with van der Waals surface area (Å²) in [6.07, 6.45) is 3.15. The number of hydrogen-bond donors (Lipinski definition) is 2. The van der Waals surface area contributed by atoms with Crippen molar-refractivity contribution in [1.29, 1.82) is 0 Å². The van der Waals surface area contributed by atoms with E-state index in [-0.39, 0.29) is 6.04 Å². The first-order valence-corrected chi connectivity index (χ1v) is 10.8. The minimum atomic E-state index is -0.857. The number of methoxy groups -OCH3 is 2. The summed E-state index contributed by atoms with van der Waals surface area (Å²) < 4.78 is 11.6. The van der Waals surface area contributed by atoms with Gasteiger partial charge in [-0.15, -0.1) is 0 Å². The van der Waals surface area contributed by atoms with E-state index >= 15 is 0 Å². The second-order valence-corrected chi connectivity index (χ2v) is 9.27. The average molecular weight is 405 g/mol. The number of hydrogen-bond acceptors (Lipinski definition) is 4. The number of aromatic amines is 1. The highest BCUT2D eigenvalue weighted by molar-refractivity contribution is 5.85. The Morgan fingerprint density at radius 3 is 2.73 bits per heavy atom. The van der Waals surface area contributed by atoms with Crippen LogP contribution in [-0.4, -0.2) is 54.4 Å². The fourth-order valence-corrected chi connectivity index (χ4v) is 6.76. The number of ether oxygens (including phenoxy) is 2. The topological polar surface area (TPSA) is 57.7 Å². The highest BCUT2D eigenvalue weighted by Crippen LogP contribution is 2.60. The molecule has 2 N–H and O–H groups in total. The number of nitrogens with one attached hydrogen (secondary N) is 1. The Morgan fingerprint density at radius 1 is 1.10 bits per heavy atom. The molecule has 2 aliphatic carbocycles. The molecule has 30 heavy (non-hydrogen) atoms. The van der Waals surface area contributed by atoms with Crippen LogP contribution in [0, 0.1) is 0 Å². The van der Waals surface area contributed by atoms with Crippen molar-refractivity contribution in [2.24, 2.45) is 0 Å². The SMILES string of the molecule is COc1ccc2c(c1OC)[C@]13CCN(C)[C@H](C2)[C@]1(O)Cc1c([nH]c2ccccc12)C3. The Balaban J connectivity index is 1.66. The van der Waals surface area contributed by atoms with Gasteiger partial charge < -0.3 is 24.5 Å². The molecule has 0 spiro atoms. The first kappa shape index (κ1) is 18.3. The summed E-state index contributed by atoms with van der Waals surface area (Å²) in [4.78, 5) is 6.03. The standard InChI is InChI=1S/C25H28N2O3/c1-27-11-10-24-14-19-17(16-6-4-5-7-18(16)26-19)13-25(24,28)21(27)12-15-8-9-20(29-2)23(30-3)22(15)24/h4-9,21,26,28H,10-14H2,1-3H3/t21-,24-,25-/m1/s1. The van der Waals surface area contributed by atoms with Crippen molar-refractivity contribution in [1.82, 2.24) is 9.88 Å². The fourth-order valence-electron chi connectivity index (χ4n) is 6.76. The maximum absolute atomic E-state index is 12.5. The smallest absolute Gasteiger partial charge is 0.164 e. The van der Waals surface area contributed by atoms with Crippen molar-refractivity contribution < 1.29 is 14.6 Å². The Hall–Kier alpha value is -2.50. The number of likely N-dealkylation sites (tertiary alicyclic amines) is 1. The number of fused-ring (bicyclic) bond motifs is 4. The van der Waals surface area contributed by atoms with Gasteiger partial charge >= 0.3 is 0 Å². The quantitative estimate of drug-likeness (QED) is 0.689. The Kier molecular flexibility index (Phi) is 3.67. The molecule has 1 aromatic heterocycles. The van der Waals surface area contributed by atoms with Crippen molar-refractivity contribution in [2.75, 3.05) is 27.8 Å². The van der Waals surface area contributed by atoms with E-state index < -0.39 is 11.0 Å². The normalized spacial score (nSPS) is 29.8. The molecule has 1 fully saturated rings. The van der Waals surface area contributed by atoms with Crippen LogP contribution in [-0.2, 0) is 24.7 Å². The van der Waals surface area contributed by atoms with E-state index in [4.69, 9.17) is 9.47 Å². The molecule has 156 valence electrons. The van der Waals surface area contributed by atoms with Gasteiger partial charge in [-0.25, -0.2) is 0 Å². The summed E-state index contributed by atoms with van der Waals surface area (Å²) >= 11 is 0. The molecule has 0 unspecified atom stereocenters. The van der Waals surface area contributed by atoms with Crippen molar-refractivity contribution in [3.63, 3.8) is 0 Å². The fraction of sp³-hybridized carbons (Fsp3) is 0.440. The number of likely N-dealkylation sites (N-methyl/N-ethyl adjacent to an activating group) is 1. The van der Waals surface area contributed by atoms with Crippen LogP contribution >= 0.6 is 0 Å².